The summed E-state index contributed by atoms with van der Waals surface area (Å²) in [6.07, 6.45) is 0.676. The highest BCUT2D eigenvalue weighted by Gasteiger charge is 2.37. The van der Waals surface area contributed by atoms with E-state index in [0.29, 0.717) is 24.8 Å². The van der Waals surface area contributed by atoms with Crippen molar-refractivity contribution in [2.75, 3.05) is 13.7 Å². The number of ether oxygens (including phenoxy) is 6. The van der Waals surface area contributed by atoms with Gasteiger partial charge in [0.25, 0.3) is 0 Å². The number of carbonyl (C=O) groups excluding carboxylic acids is 4. The summed E-state index contributed by atoms with van der Waals surface area (Å²) in [5, 5.41) is 0. The van der Waals surface area contributed by atoms with Crippen molar-refractivity contribution in [1.82, 2.24) is 0 Å². The smallest absolute Gasteiger partial charge is 0.468 e. The summed E-state index contributed by atoms with van der Waals surface area (Å²) in [5.74, 6) is -1.33. The van der Waals surface area contributed by atoms with Gasteiger partial charge < -0.3 is 34.2 Å². The van der Waals surface area contributed by atoms with Gasteiger partial charge in [0.1, 0.15) is 17.7 Å². The first-order valence-electron chi connectivity index (χ1n) is 14.2. The quantitative estimate of drug-likeness (QED) is 0.142. The molecule has 0 saturated heterocycles. The molecule has 0 saturated carbocycles. The molecule has 1 rings (SSSR count). The Labute approximate surface area is 243 Å². The molecule has 0 aliphatic rings. The molecule has 0 aromatic heterocycles. The van der Waals surface area contributed by atoms with Crippen LogP contribution in [0.15, 0.2) is 18.2 Å². The van der Waals surface area contributed by atoms with Crippen molar-refractivity contribution >= 4 is 24.2 Å². The number of rotatable bonds is 16. The highest BCUT2D eigenvalue weighted by Crippen LogP contribution is 2.32. The predicted molar refractivity (Wildman–Crippen MR) is 152 cm³/mol. The van der Waals surface area contributed by atoms with E-state index in [2.05, 4.69) is 0 Å². The van der Waals surface area contributed by atoms with Crippen molar-refractivity contribution in [2.45, 2.75) is 111 Å². The SMILES string of the molecule is CCCC(C)OC(=O)Oc1cc(C[C@](N)(CCOC(=O)C(C)(C)CC)C(=O)OC)ccc1OC(=O)O[C@@H](C)CCC. The third kappa shape index (κ3) is 12.0. The van der Waals surface area contributed by atoms with Crippen LogP contribution in [-0.2, 0) is 35.0 Å². The van der Waals surface area contributed by atoms with Gasteiger partial charge in [0.05, 0.1) is 19.1 Å². The van der Waals surface area contributed by atoms with Crippen molar-refractivity contribution in [3.8, 4) is 11.5 Å². The van der Waals surface area contributed by atoms with Crippen LogP contribution in [0.3, 0.4) is 0 Å². The molecule has 1 aromatic carbocycles. The molecule has 0 spiro atoms. The molecule has 232 valence electrons. The van der Waals surface area contributed by atoms with Crippen LogP contribution in [0.25, 0.3) is 0 Å². The van der Waals surface area contributed by atoms with Gasteiger partial charge in [-0.25, -0.2) is 9.59 Å². The monoisotopic (exact) mass is 581 g/mol. The number of hydrogen-bond acceptors (Lipinski definition) is 11. The van der Waals surface area contributed by atoms with E-state index < -0.39 is 41.3 Å². The summed E-state index contributed by atoms with van der Waals surface area (Å²) in [6, 6.07) is 4.38. The van der Waals surface area contributed by atoms with E-state index in [0.717, 1.165) is 12.8 Å². The molecule has 41 heavy (non-hydrogen) atoms. The van der Waals surface area contributed by atoms with Gasteiger partial charge in [0.15, 0.2) is 11.5 Å². The summed E-state index contributed by atoms with van der Waals surface area (Å²) >= 11 is 0. The van der Waals surface area contributed by atoms with E-state index in [4.69, 9.17) is 34.2 Å². The maximum absolute atomic E-state index is 12.7. The van der Waals surface area contributed by atoms with Gasteiger partial charge in [-0.2, -0.15) is 0 Å². The van der Waals surface area contributed by atoms with Crippen molar-refractivity contribution < 1.29 is 47.6 Å². The largest absolute Gasteiger partial charge is 0.514 e. The van der Waals surface area contributed by atoms with Crippen molar-refractivity contribution in [2.24, 2.45) is 11.1 Å². The Hall–Kier alpha value is -3.34. The first-order chi connectivity index (χ1) is 19.2. The molecule has 2 N–H and O–H groups in total. The van der Waals surface area contributed by atoms with E-state index in [-0.39, 0.29) is 37.1 Å². The fraction of sp³-hybridized carbons (Fsp3) is 0.667. The summed E-state index contributed by atoms with van der Waals surface area (Å²) in [5.41, 5.74) is 4.67. The van der Waals surface area contributed by atoms with Crippen molar-refractivity contribution in [3.05, 3.63) is 23.8 Å². The Kier molecular flexibility index (Phi) is 14.6. The molecular formula is C30H47NO10. The number of esters is 2. The topological polar surface area (TPSA) is 150 Å². The maximum Gasteiger partial charge on any atom is 0.514 e. The van der Waals surface area contributed by atoms with Crippen LogP contribution < -0.4 is 15.2 Å². The van der Waals surface area contributed by atoms with Gasteiger partial charge in [0.2, 0.25) is 0 Å². The molecule has 1 unspecified atom stereocenters. The standard InChI is InChI=1S/C30H47NO10/c1-9-12-20(4)38-27(34)40-23-15-14-22(18-24(23)41-28(35)39-21(5)13-10-2)19-30(31,26(33)36-8)16-17-37-25(32)29(6,7)11-3/h14-15,18,20-21H,9-13,16-17,19,31H2,1-8H3/t20-,21?,30+/m0/s1. The lowest BCUT2D eigenvalue weighted by atomic mass is 9.88. The molecule has 0 fully saturated rings. The van der Waals surface area contributed by atoms with Crippen LogP contribution in [0.1, 0.15) is 92.6 Å². The molecule has 0 aliphatic heterocycles. The number of benzene rings is 1. The molecule has 0 heterocycles. The highest BCUT2D eigenvalue weighted by atomic mass is 16.7. The third-order valence-electron chi connectivity index (χ3n) is 6.71. The van der Waals surface area contributed by atoms with Crippen LogP contribution in [0.5, 0.6) is 11.5 Å². The summed E-state index contributed by atoms with van der Waals surface area (Å²) in [4.78, 5) is 49.9. The lowest BCUT2D eigenvalue weighted by Gasteiger charge is -2.28. The second-order valence-corrected chi connectivity index (χ2v) is 10.9. The van der Waals surface area contributed by atoms with Crippen molar-refractivity contribution in [1.29, 1.82) is 0 Å². The number of methoxy groups -OCH3 is 1. The normalized spacial score (nSPS) is 14.2. The molecule has 3 atom stereocenters. The lowest BCUT2D eigenvalue weighted by Crippen LogP contribution is -2.51. The minimum atomic E-state index is -1.57. The molecule has 0 radical (unpaired) electrons. The van der Waals surface area contributed by atoms with Crippen LogP contribution >= 0.6 is 0 Å². The maximum atomic E-state index is 12.7. The molecule has 11 heteroatoms. The van der Waals surface area contributed by atoms with E-state index in [9.17, 15) is 19.2 Å². The van der Waals surface area contributed by atoms with Crippen LogP contribution in [0.4, 0.5) is 9.59 Å². The molecule has 1 aromatic rings. The Morgan fingerprint density at radius 2 is 1.39 bits per heavy atom. The zero-order chi connectivity index (χ0) is 31.2. The van der Waals surface area contributed by atoms with Crippen LogP contribution in [0, 0.1) is 5.41 Å². The Morgan fingerprint density at radius 3 is 1.88 bits per heavy atom. The highest BCUT2D eigenvalue weighted by molar-refractivity contribution is 5.81. The molecule has 0 amide bonds. The fourth-order valence-electron chi connectivity index (χ4n) is 3.81. The van der Waals surface area contributed by atoms with E-state index in [1.165, 1.54) is 19.2 Å². The second-order valence-electron chi connectivity index (χ2n) is 10.9. The van der Waals surface area contributed by atoms with E-state index in [1.807, 2.05) is 20.8 Å². The summed E-state index contributed by atoms with van der Waals surface area (Å²) in [6.45, 7) is 12.7. The van der Waals surface area contributed by atoms with E-state index in [1.54, 1.807) is 33.8 Å². The van der Waals surface area contributed by atoms with Gasteiger partial charge in [-0.05, 0) is 64.7 Å². The zero-order valence-corrected chi connectivity index (χ0v) is 25.7. The van der Waals surface area contributed by atoms with Crippen LogP contribution in [-0.4, -0.2) is 55.7 Å². The number of nitrogens with two attached hydrogens (primary N) is 1. The van der Waals surface area contributed by atoms with Gasteiger partial charge in [-0.15, -0.1) is 0 Å². The van der Waals surface area contributed by atoms with Gasteiger partial charge >= 0.3 is 24.2 Å². The molecular weight excluding hydrogens is 534 g/mol. The number of hydrogen-bond donors (Lipinski definition) is 1. The van der Waals surface area contributed by atoms with E-state index >= 15 is 0 Å². The second kappa shape index (κ2) is 16.8. The zero-order valence-electron chi connectivity index (χ0n) is 25.7. The average molecular weight is 582 g/mol. The number of carbonyl (C=O) groups is 4. The minimum Gasteiger partial charge on any atom is -0.468 e. The Morgan fingerprint density at radius 1 is 0.854 bits per heavy atom. The van der Waals surface area contributed by atoms with Crippen LogP contribution in [0.2, 0.25) is 0 Å². The average Bonchev–Trinajstić information content (AvgIpc) is 2.89. The Balaban J connectivity index is 3.22. The minimum absolute atomic E-state index is 0.0299. The summed E-state index contributed by atoms with van der Waals surface area (Å²) in [7, 11) is 1.21. The first-order valence-corrected chi connectivity index (χ1v) is 14.2. The molecule has 0 bridgehead atoms. The predicted octanol–water partition coefficient (Wildman–Crippen LogP) is 5.88. The third-order valence-corrected chi connectivity index (χ3v) is 6.71. The van der Waals surface area contributed by atoms with Gasteiger partial charge in [0, 0.05) is 12.8 Å². The Bertz CT molecular complexity index is 1020. The summed E-state index contributed by atoms with van der Waals surface area (Å²) < 4.78 is 31.6. The molecule has 0 aliphatic carbocycles. The fourth-order valence-corrected chi connectivity index (χ4v) is 3.81. The van der Waals surface area contributed by atoms with Gasteiger partial charge in [-0.3, -0.25) is 9.59 Å². The van der Waals surface area contributed by atoms with Crippen molar-refractivity contribution in [3.63, 3.8) is 0 Å². The van der Waals surface area contributed by atoms with Gasteiger partial charge in [-0.1, -0.05) is 39.7 Å². The lowest BCUT2D eigenvalue weighted by molar-refractivity contribution is -0.157. The molecule has 11 nitrogen and oxygen atoms in total. The first kappa shape index (κ1) is 35.7.